The number of rotatable bonds is 2. The molecule has 0 saturated carbocycles. The van der Waals surface area contributed by atoms with Gasteiger partial charge in [-0.25, -0.2) is 9.61 Å². The molecule has 4 rings (SSSR count). The molecule has 0 aliphatic carbocycles. The van der Waals surface area contributed by atoms with E-state index in [-0.39, 0.29) is 5.82 Å². The number of imidazole rings is 1. The largest absolute Gasteiger partial charge is 0.379 e. The van der Waals surface area contributed by atoms with Crippen molar-refractivity contribution in [3.63, 3.8) is 0 Å². The van der Waals surface area contributed by atoms with Crippen LogP contribution in [0.4, 0.5) is 5.82 Å². The van der Waals surface area contributed by atoms with E-state index in [1.165, 1.54) is 0 Å². The molecular formula is C13H15N7O. The summed E-state index contributed by atoms with van der Waals surface area (Å²) in [5.41, 5.74) is 8.20. The zero-order valence-corrected chi connectivity index (χ0v) is 11.4. The summed E-state index contributed by atoms with van der Waals surface area (Å²) in [6.45, 7) is 1.98. The molecule has 108 valence electrons. The molecule has 3 aromatic rings. The van der Waals surface area contributed by atoms with Crippen molar-refractivity contribution in [1.29, 1.82) is 0 Å². The Bertz CT molecular complexity index is 772. The molecule has 3 aromatic heterocycles. The second kappa shape index (κ2) is 4.81. The minimum atomic E-state index is 0.258. The summed E-state index contributed by atoms with van der Waals surface area (Å²) in [5, 5.41) is 10.9. The number of aromatic nitrogens is 5. The van der Waals surface area contributed by atoms with E-state index < -0.39 is 0 Å². The van der Waals surface area contributed by atoms with Gasteiger partial charge in [0, 0.05) is 12.2 Å². The number of nitrogens with one attached hydrogen (secondary N) is 1. The van der Waals surface area contributed by atoms with Crippen LogP contribution in [0, 0.1) is 0 Å². The van der Waals surface area contributed by atoms with E-state index in [0.29, 0.717) is 17.6 Å². The fraction of sp³-hybridized carbons (Fsp3) is 0.385. The Morgan fingerprint density at radius 3 is 2.90 bits per heavy atom. The van der Waals surface area contributed by atoms with Gasteiger partial charge in [-0.1, -0.05) is 0 Å². The molecule has 8 nitrogen and oxygen atoms in total. The Morgan fingerprint density at radius 1 is 1.29 bits per heavy atom. The second-order valence-corrected chi connectivity index (χ2v) is 5.15. The normalized spacial score (nSPS) is 16.6. The highest BCUT2D eigenvalue weighted by Gasteiger charge is 2.25. The van der Waals surface area contributed by atoms with Crippen molar-refractivity contribution in [1.82, 2.24) is 30.2 Å². The van der Waals surface area contributed by atoms with E-state index in [2.05, 4.69) is 30.2 Å². The molecular weight excluding hydrogens is 270 g/mol. The molecule has 3 N–H and O–H groups in total. The lowest BCUT2D eigenvalue weighted by Crippen LogP contribution is -2.29. The molecule has 1 aliphatic rings. The van der Waals surface area contributed by atoms with Gasteiger partial charge in [-0.15, -0.1) is 0 Å². The number of piperidine rings is 1. The first-order valence-electron chi connectivity index (χ1n) is 6.95. The van der Waals surface area contributed by atoms with E-state index in [1.807, 2.05) is 6.07 Å². The summed E-state index contributed by atoms with van der Waals surface area (Å²) in [5.74, 6) is 0.956. The maximum absolute atomic E-state index is 5.84. The zero-order valence-electron chi connectivity index (χ0n) is 11.4. The third-order valence-electron chi connectivity index (χ3n) is 3.89. The molecule has 0 bridgehead atoms. The van der Waals surface area contributed by atoms with Crippen LogP contribution in [0.1, 0.15) is 18.9 Å². The first kappa shape index (κ1) is 12.3. The highest BCUT2D eigenvalue weighted by Crippen LogP contribution is 2.32. The van der Waals surface area contributed by atoms with Gasteiger partial charge >= 0.3 is 0 Å². The Balaban J connectivity index is 1.94. The molecule has 1 saturated heterocycles. The number of pyridine rings is 1. The van der Waals surface area contributed by atoms with Gasteiger partial charge in [-0.2, -0.15) is 0 Å². The van der Waals surface area contributed by atoms with E-state index in [4.69, 9.17) is 10.4 Å². The Hall–Kier alpha value is -2.48. The van der Waals surface area contributed by atoms with Gasteiger partial charge < -0.3 is 15.6 Å². The maximum atomic E-state index is 5.84. The number of fused-ring (bicyclic) bond motifs is 1. The lowest BCUT2D eigenvalue weighted by Gasteiger charge is -2.25. The molecule has 0 radical (unpaired) electrons. The molecule has 21 heavy (non-hydrogen) atoms. The van der Waals surface area contributed by atoms with Crippen LogP contribution in [0.5, 0.6) is 0 Å². The van der Waals surface area contributed by atoms with Gasteiger partial charge in [0.15, 0.2) is 17.3 Å². The molecule has 0 aromatic carbocycles. The van der Waals surface area contributed by atoms with Gasteiger partial charge in [-0.05, 0) is 42.3 Å². The lowest BCUT2D eigenvalue weighted by molar-refractivity contribution is 0.309. The minimum absolute atomic E-state index is 0.258. The van der Waals surface area contributed by atoms with Crippen LogP contribution < -0.4 is 11.1 Å². The first-order valence-corrected chi connectivity index (χ1v) is 6.95. The van der Waals surface area contributed by atoms with E-state index in [1.54, 1.807) is 12.4 Å². The quantitative estimate of drug-likeness (QED) is 0.722. The molecule has 1 fully saturated rings. The molecule has 0 amide bonds. The number of anilines is 1. The zero-order chi connectivity index (χ0) is 14.2. The summed E-state index contributed by atoms with van der Waals surface area (Å²) >= 11 is 0. The molecule has 0 atom stereocenters. The van der Waals surface area contributed by atoms with E-state index >= 15 is 0 Å². The predicted molar refractivity (Wildman–Crippen MR) is 76.4 cm³/mol. The van der Waals surface area contributed by atoms with Crippen molar-refractivity contribution in [3.8, 4) is 11.5 Å². The van der Waals surface area contributed by atoms with Crippen molar-refractivity contribution >= 4 is 16.9 Å². The minimum Gasteiger partial charge on any atom is -0.379 e. The van der Waals surface area contributed by atoms with Crippen LogP contribution in [-0.2, 0) is 0 Å². The molecule has 0 spiro atoms. The predicted octanol–water partition coefficient (Wildman–Crippen LogP) is 0.988. The highest BCUT2D eigenvalue weighted by molar-refractivity contribution is 5.81. The van der Waals surface area contributed by atoms with E-state index in [9.17, 15) is 0 Å². The van der Waals surface area contributed by atoms with Gasteiger partial charge in [0.2, 0.25) is 0 Å². The lowest BCUT2D eigenvalue weighted by atomic mass is 10.1. The van der Waals surface area contributed by atoms with E-state index in [0.717, 1.165) is 37.0 Å². The number of nitrogens with two attached hydrogens (primary N) is 1. The highest BCUT2D eigenvalue weighted by atomic mass is 16.6. The Labute approximate surface area is 120 Å². The monoisotopic (exact) mass is 285 g/mol. The van der Waals surface area contributed by atoms with Crippen LogP contribution >= 0.6 is 0 Å². The van der Waals surface area contributed by atoms with Crippen LogP contribution in [0.15, 0.2) is 23.1 Å². The molecule has 0 unspecified atom stereocenters. The third-order valence-corrected chi connectivity index (χ3v) is 3.89. The standard InChI is InChI=1S/C13H15N7O/c14-12-11(18-21-19-12)13-17-9-7-16-6-3-10(9)20(13)8-1-4-15-5-2-8/h3,6-8,15H,1-2,4-5H2,(H2,14,19). The van der Waals surface area contributed by atoms with Gasteiger partial charge in [0.1, 0.15) is 5.52 Å². The van der Waals surface area contributed by atoms with Crippen molar-refractivity contribution in [2.45, 2.75) is 18.9 Å². The van der Waals surface area contributed by atoms with Gasteiger partial charge in [-0.3, -0.25) is 4.98 Å². The summed E-state index contributed by atoms with van der Waals surface area (Å²) in [6, 6.07) is 2.32. The van der Waals surface area contributed by atoms with Crippen LogP contribution in [0.2, 0.25) is 0 Å². The number of hydrogen-bond donors (Lipinski definition) is 2. The number of nitrogen functional groups attached to an aromatic ring is 1. The average Bonchev–Trinajstić information content (AvgIpc) is 3.11. The first-order chi connectivity index (χ1) is 10.3. The SMILES string of the molecule is Nc1nonc1-c1nc2cnccc2n1C1CCNCC1. The van der Waals surface area contributed by atoms with Crippen LogP contribution in [-0.4, -0.2) is 37.9 Å². The maximum Gasteiger partial charge on any atom is 0.199 e. The van der Waals surface area contributed by atoms with Gasteiger partial charge in [0.25, 0.3) is 0 Å². The number of hydrogen-bond acceptors (Lipinski definition) is 7. The van der Waals surface area contributed by atoms with Crippen molar-refractivity contribution < 1.29 is 4.63 Å². The Morgan fingerprint density at radius 2 is 2.14 bits per heavy atom. The fourth-order valence-corrected chi connectivity index (χ4v) is 2.90. The second-order valence-electron chi connectivity index (χ2n) is 5.15. The molecule has 8 heteroatoms. The third kappa shape index (κ3) is 1.95. The van der Waals surface area contributed by atoms with Crippen molar-refractivity contribution in [2.75, 3.05) is 18.8 Å². The average molecular weight is 285 g/mol. The fourth-order valence-electron chi connectivity index (χ4n) is 2.90. The molecule has 4 heterocycles. The van der Waals surface area contributed by atoms with Gasteiger partial charge in [0.05, 0.1) is 11.7 Å². The van der Waals surface area contributed by atoms with Crippen LogP contribution in [0.3, 0.4) is 0 Å². The molecule has 1 aliphatic heterocycles. The van der Waals surface area contributed by atoms with Crippen molar-refractivity contribution in [2.24, 2.45) is 0 Å². The summed E-state index contributed by atoms with van der Waals surface area (Å²) in [4.78, 5) is 8.77. The van der Waals surface area contributed by atoms with Crippen LogP contribution in [0.25, 0.3) is 22.6 Å². The Kier molecular flexibility index (Phi) is 2.81. The van der Waals surface area contributed by atoms with Crippen molar-refractivity contribution in [3.05, 3.63) is 18.5 Å². The number of nitrogens with zero attached hydrogens (tertiary/aromatic N) is 5. The smallest absolute Gasteiger partial charge is 0.199 e. The topological polar surface area (TPSA) is 108 Å². The summed E-state index contributed by atoms with van der Waals surface area (Å²) in [6.07, 6.45) is 5.59. The summed E-state index contributed by atoms with van der Waals surface area (Å²) in [7, 11) is 0. The summed E-state index contributed by atoms with van der Waals surface area (Å²) < 4.78 is 6.92.